The maximum Gasteiger partial charge on any atom is 0.331 e. The summed E-state index contributed by atoms with van der Waals surface area (Å²) in [5.74, 6) is -0.327. The summed E-state index contributed by atoms with van der Waals surface area (Å²) >= 11 is 0. The molecule has 0 aromatic heterocycles. The smallest absolute Gasteiger partial charge is 0.331 e. The highest BCUT2D eigenvalue weighted by molar-refractivity contribution is 5.90. The van der Waals surface area contributed by atoms with Crippen molar-refractivity contribution in [2.24, 2.45) is 0 Å². The molecule has 1 aromatic rings. The Labute approximate surface area is 155 Å². The van der Waals surface area contributed by atoms with Crippen LogP contribution >= 0.6 is 0 Å². The van der Waals surface area contributed by atoms with Gasteiger partial charge in [-0.05, 0) is 25.0 Å². The van der Waals surface area contributed by atoms with Gasteiger partial charge in [0.2, 0.25) is 6.79 Å². The number of hydrogen-bond donors (Lipinski definition) is 0. The Hall–Kier alpha value is -3.10. The molecule has 1 fully saturated rings. The van der Waals surface area contributed by atoms with Crippen LogP contribution in [0.3, 0.4) is 0 Å². The van der Waals surface area contributed by atoms with Crippen LogP contribution in [0.2, 0.25) is 0 Å². The Morgan fingerprint density at radius 1 is 1.15 bits per heavy atom. The Kier molecular flexibility index (Phi) is 5.90. The Bertz CT molecular complexity index is 767. The number of hydrogen-bond acceptors (Lipinski definition) is 7. The SMILES string of the molecule is O=C(/C=C/c1cc2c(cc1[N+](=O)[O-])OCO2)OCC(=O)N1CCCCCC1. The van der Waals surface area contributed by atoms with Crippen LogP contribution in [0.5, 0.6) is 11.5 Å². The van der Waals surface area contributed by atoms with Crippen LogP contribution < -0.4 is 9.47 Å². The number of fused-ring (bicyclic) bond motifs is 1. The van der Waals surface area contributed by atoms with Crippen molar-refractivity contribution in [1.82, 2.24) is 4.90 Å². The third kappa shape index (κ3) is 4.75. The summed E-state index contributed by atoms with van der Waals surface area (Å²) in [5.41, 5.74) is -0.0380. The quantitative estimate of drug-likeness (QED) is 0.336. The first-order valence-electron chi connectivity index (χ1n) is 8.75. The molecule has 0 radical (unpaired) electrons. The van der Waals surface area contributed by atoms with Crippen molar-refractivity contribution in [1.29, 1.82) is 0 Å². The highest BCUT2D eigenvalue weighted by Gasteiger charge is 2.22. The molecule has 1 aromatic carbocycles. The molecule has 0 unspecified atom stereocenters. The number of amides is 1. The van der Waals surface area contributed by atoms with Crippen molar-refractivity contribution >= 4 is 23.6 Å². The fourth-order valence-electron chi connectivity index (χ4n) is 2.99. The number of nitro benzene ring substituents is 1. The van der Waals surface area contributed by atoms with Gasteiger partial charge in [0.1, 0.15) is 0 Å². The highest BCUT2D eigenvalue weighted by atomic mass is 16.7. The van der Waals surface area contributed by atoms with E-state index in [1.807, 2.05) is 0 Å². The van der Waals surface area contributed by atoms with Gasteiger partial charge in [-0.15, -0.1) is 0 Å². The first kappa shape index (κ1) is 18.7. The van der Waals surface area contributed by atoms with E-state index in [4.69, 9.17) is 14.2 Å². The van der Waals surface area contributed by atoms with Gasteiger partial charge in [0.05, 0.1) is 16.6 Å². The predicted molar refractivity (Wildman–Crippen MR) is 94.3 cm³/mol. The lowest BCUT2D eigenvalue weighted by Gasteiger charge is -2.19. The van der Waals surface area contributed by atoms with Crippen LogP contribution in [0, 0.1) is 10.1 Å². The molecular formula is C18H20N2O7. The van der Waals surface area contributed by atoms with Gasteiger partial charge in [-0.3, -0.25) is 14.9 Å². The third-order valence-electron chi connectivity index (χ3n) is 4.41. The molecule has 1 amide bonds. The minimum absolute atomic E-state index is 0.0136. The molecule has 2 heterocycles. The topological polar surface area (TPSA) is 108 Å². The van der Waals surface area contributed by atoms with Gasteiger partial charge in [0.15, 0.2) is 18.1 Å². The summed E-state index contributed by atoms with van der Waals surface area (Å²) in [6.07, 6.45) is 6.42. The van der Waals surface area contributed by atoms with Gasteiger partial charge in [0.25, 0.3) is 11.6 Å². The molecule has 144 valence electrons. The number of ether oxygens (including phenoxy) is 3. The zero-order valence-corrected chi connectivity index (χ0v) is 14.7. The molecule has 0 N–H and O–H groups in total. The number of benzene rings is 1. The number of rotatable bonds is 5. The Morgan fingerprint density at radius 3 is 2.48 bits per heavy atom. The zero-order chi connectivity index (χ0) is 19.2. The van der Waals surface area contributed by atoms with E-state index in [2.05, 4.69) is 0 Å². The molecule has 2 aliphatic heterocycles. The van der Waals surface area contributed by atoms with Gasteiger partial charge in [-0.1, -0.05) is 12.8 Å². The van der Waals surface area contributed by atoms with Gasteiger partial charge >= 0.3 is 5.97 Å². The molecule has 0 spiro atoms. The molecule has 9 heteroatoms. The lowest BCUT2D eigenvalue weighted by Crippen LogP contribution is -2.35. The number of carbonyl (C=O) groups is 2. The number of esters is 1. The lowest BCUT2D eigenvalue weighted by molar-refractivity contribution is -0.385. The van der Waals surface area contributed by atoms with Crippen molar-refractivity contribution < 1.29 is 28.7 Å². The predicted octanol–water partition coefficient (Wildman–Crippen LogP) is 2.28. The molecule has 3 rings (SSSR count). The maximum atomic E-state index is 12.1. The largest absolute Gasteiger partial charge is 0.454 e. The molecular weight excluding hydrogens is 356 g/mol. The highest BCUT2D eigenvalue weighted by Crippen LogP contribution is 2.38. The normalized spacial score (nSPS) is 16.2. The van der Waals surface area contributed by atoms with Crippen LogP contribution in [0.25, 0.3) is 6.08 Å². The molecule has 9 nitrogen and oxygen atoms in total. The Balaban J connectivity index is 1.60. The van der Waals surface area contributed by atoms with Gasteiger partial charge < -0.3 is 19.1 Å². The van der Waals surface area contributed by atoms with E-state index in [-0.39, 0.29) is 36.3 Å². The van der Waals surface area contributed by atoms with Crippen molar-refractivity contribution in [2.75, 3.05) is 26.5 Å². The first-order chi connectivity index (χ1) is 13.0. The lowest BCUT2D eigenvalue weighted by atomic mass is 10.1. The summed E-state index contributed by atoms with van der Waals surface area (Å²) in [4.78, 5) is 36.3. The fourth-order valence-corrected chi connectivity index (χ4v) is 2.99. The van der Waals surface area contributed by atoms with Crippen molar-refractivity contribution in [2.45, 2.75) is 25.7 Å². The van der Waals surface area contributed by atoms with Crippen LogP contribution in [0.15, 0.2) is 18.2 Å². The average molecular weight is 376 g/mol. The molecule has 0 bridgehead atoms. The minimum Gasteiger partial charge on any atom is -0.454 e. The molecule has 2 aliphatic rings. The van der Waals surface area contributed by atoms with E-state index in [1.54, 1.807) is 4.90 Å². The monoisotopic (exact) mass is 376 g/mol. The van der Waals surface area contributed by atoms with Gasteiger partial charge in [0, 0.05) is 19.2 Å². The van der Waals surface area contributed by atoms with Crippen LogP contribution in [-0.2, 0) is 14.3 Å². The van der Waals surface area contributed by atoms with Crippen molar-refractivity contribution in [3.63, 3.8) is 0 Å². The summed E-state index contributed by atoms with van der Waals surface area (Å²) in [6, 6.07) is 2.67. The Morgan fingerprint density at radius 2 is 1.81 bits per heavy atom. The average Bonchev–Trinajstić information content (AvgIpc) is 2.94. The molecule has 27 heavy (non-hydrogen) atoms. The summed E-state index contributed by atoms with van der Waals surface area (Å²) < 4.78 is 15.3. The number of nitro groups is 1. The van der Waals surface area contributed by atoms with E-state index in [0.29, 0.717) is 18.8 Å². The van der Waals surface area contributed by atoms with E-state index < -0.39 is 10.9 Å². The first-order valence-corrected chi connectivity index (χ1v) is 8.75. The second-order valence-corrected chi connectivity index (χ2v) is 6.26. The molecule has 1 saturated heterocycles. The standard InChI is InChI=1S/C18H20N2O7/c21-17(19-7-3-1-2-4-8-19)11-25-18(22)6-5-13-9-15-16(27-12-26-15)10-14(13)20(23)24/h5-6,9-10H,1-4,7-8,11-12H2/b6-5+. The second kappa shape index (κ2) is 8.52. The van der Waals surface area contributed by atoms with E-state index in [0.717, 1.165) is 31.8 Å². The zero-order valence-electron chi connectivity index (χ0n) is 14.7. The van der Waals surface area contributed by atoms with Crippen molar-refractivity contribution in [3.05, 3.63) is 33.9 Å². The summed E-state index contributed by atoms with van der Waals surface area (Å²) in [7, 11) is 0. The van der Waals surface area contributed by atoms with E-state index >= 15 is 0 Å². The minimum atomic E-state index is -0.745. The van der Waals surface area contributed by atoms with Crippen LogP contribution in [0.4, 0.5) is 5.69 Å². The molecule has 0 aliphatic carbocycles. The van der Waals surface area contributed by atoms with Crippen LogP contribution in [0.1, 0.15) is 31.2 Å². The summed E-state index contributed by atoms with van der Waals surface area (Å²) in [6.45, 7) is 0.998. The maximum absolute atomic E-state index is 12.1. The molecule has 0 saturated carbocycles. The molecule has 0 atom stereocenters. The third-order valence-corrected chi connectivity index (χ3v) is 4.41. The van der Waals surface area contributed by atoms with Gasteiger partial charge in [-0.25, -0.2) is 4.79 Å². The summed E-state index contributed by atoms with van der Waals surface area (Å²) in [5, 5.41) is 11.2. The number of nitrogens with zero attached hydrogens (tertiary/aromatic N) is 2. The van der Waals surface area contributed by atoms with E-state index in [9.17, 15) is 19.7 Å². The van der Waals surface area contributed by atoms with Crippen molar-refractivity contribution in [3.8, 4) is 11.5 Å². The number of carbonyl (C=O) groups excluding carboxylic acids is 2. The number of likely N-dealkylation sites (tertiary alicyclic amines) is 1. The van der Waals surface area contributed by atoms with Gasteiger partial charge in [-0.2, -0.15) is 0 Å². The van der Waals surface area contributed by atoms with Crippen LogP contribution in [-0.4, -0.2) is 48.2 Å². The second-order valence-electron chi connectivity index (χ2n) is 6.26. The van der Waals surface area contributed by atoms with E-state index in [1.165, 1.54) is 18.2 Å². The fraction of sp³-hybridized carbons (Fsp3) is 0.444.